The van der Waals surface area contributed by atoms with Crippen LogP contribution in [0.4, 0.5) is 5.69 Å². The summed E-state index contributed by atoms with van der Waals surface area (Å²) in [7, 11) is 0. The minimum absolute atomic E-state index is 0.154. The predicted octanol–water partition coefficient (Wildman–Crippen LogP) is 3.35. The second-order valence-electron chi connectivity index (χ2n) is 5.70. The highest BCUT2D eigenvalue weighted by molar-refractivity contribution is 6.04. The highest BCUT2D eigenvalue weighted by Gasteiger charge is 2.11. The molecule has 3 aromatic heterocycles. The van der Waals surface area contributed by atoms with E-state index in [0.717, 1.165) is 16.8 Å². The van der Waals surface area contributed by atoms with Gasteiger partial charge in [-0.1, -0.05) is 17.7 Å². The van der Waals surface area contributed by atoms with Gasteiger partial charge in [-0.3, -0.25) is 9.78 Å². The molecule has 6 heteroatoms. The van der Waals surface area contributed by atoms with Crippen molar-refractivity contribution >= 4 is 17.2 Å². The van der Waals surface area contributed by atoms with Crippen LogP contribution in [-0.2, 0) is 0 Å². The Hall–Kier alpha value is -3.54. The van der Waals surface area contributed by atoms with Crippen LogP contribution in [0.15, 0.2) is 67.3 Å². The number of rotatable bonds is 3. The lowest BCUT2D eigenvalue weighted by atomic mass is 10.1. The molecule has 0 spiro atoms. The lowest BCUT2D eigenvalue weighted by molar-refractivity contribution is 0.102. The minimum atomic E-state index is -0.154. The molecule has 0 fully saturated rings. The summed E-state index contributed by atoms with van der Waals surface area (Å²) in [5, 5.41) is 7.18. The summed E-state index contributed by atoms with van der Waals surface area (Å²) in [5.41, 5.74) is 4.57. The molecule has 4 aromatic rings. The fraction of sp³-hybridized carbons (Fsp3) is 0.0526. The van der Waals surface area contributed by atoms with Crippen molar-refractivity contribution in [3.63, 3.8) is 0 Å². The van der Waals surface area contributed by atoms with E-state index in [9.17, 15) is 4.79 Å². The van der Waals surface area contributed by atoms with Crippen molar-refractivity contribution in [2.24, 2.45) is 0 Å². The summed E-state index contributed by atoms with van der Waals surface area (Å²) in [4.78, 5) is 21.1. The number of pyridine rings is 1. The molecule has 25 heavy (non-hydrogen) atoms. The van der Waals surface area contributed by atoms with Gasteiger partial charge in [0.1, 0.15) is 0 Å². The van der Waals surface area contributed by atoms with Crippen LogP contribution < -0.4 is 5.32 Å². The van der Waals surface area contributed by atoms with Crippen molar-refractivity contribution in [1.29, 1.82) is 0 Å². The van der Waals surface area contributed by atoms with E-state index in [1.54, 1.807) is 35.2 Å². The lowest BCUT2D eigenvalue weighted by Crippen LogP contribution is -2.12. The molecule has 0 bridgehead atoms. The Morgan fingerprint density at radius 3 is 2.88 bits per heavy atom. The molecular weight excluding hydrogens is 314 g/mol. The Morgan fingerprint density at radius 2 is 2.00 bits per heavy atom. The van der Waals surface area contributed by atoms with Crippen LogP contribution in [0.3, 0.4) is 0 Å². The van der Waals surface area contributed by atoms with Crippen LogP contribution >= 0.6 is 0 Å². The Bertz CT molecular complexity index is 1070. The second-order valence-corrected chi connectivity index (χ2v) is 5.70. The van der Waals surface area contributed by atoms with E-state index in [1.807, 2.05) is 43.5 Å². The van der Waals surface area contributed by atoms with E-state index < -0.39 is 0 Å². The van der Waals surface area contributed by atoms with E-state index in [0.29, 0.717) is 16.9 Å². The number of carbonyl (C=O) groups excluding carboxylic acids is 1. The maximum atomic E-state index is 12.4. The van der Waals surface area contributed by atoms with Gasteiger partial charge in [0, 0.05) is 29.8 Å². The third-order valence-corrected chi connectivity index (χ3v) is 3.85. The van der Waals surface area contributed by atoms with E-state index in [-0.39, 0.29) is 5.91 Å². The number of nitrogens with one attached hydrogen (secondary N) is 1. The number of aryl methyl sites for hydroxylation is 1. The predicted molar refractivity (Wildman–Crippen MR) is 95.4 cm³/mol. The number of anilines is 1. The molecule has 0 unspecified atom stereocenters. The van der Waals surface area contributed by atoms with E-state index in [2.05, 4.69) is 20.4 Å². The Balaban J connectivity index is 1.65. The Morgan fingerprint density at radius 1 is 1.08 bits per heavy atom. The molecule has 1 N–H and O–H groups in total. The third kappa shape index (κ3) is 2.97. The zero-order chi connectivity index (χ0) is 17.2. The summed E-state index contributed by atoms with van der Waals surface area (Å²) >= 11 is 0. The van der Waals surface area contributed by atoms with Crippen LogP contribution in [0.25, 0.3) is 16.9 Å². The van der Waals surface area contributed by atoms with Crippen molar-refractivity contribution in [2.75, 3.05) is 5.32 Å². The lowest BCUT2D eigenvalue weighted by Gasteiger charge is -2.07. The fourth-order valence-corrected chi connectivity index (χ4v) is 2.65. The normalized spacial score (nSPS) is 10.8. The highest BCUT2D eigenvalue weighted by Crippen LogP contribution is 2.23. The number of fused-ring (bicyclic) bond motifs is 1. The van der Waals surface area contributed by atoms with Gasteiger partial charge in [0.25, 0.3) is 5.91 Å². The molecule has 1 aromatic carbocycles. The quantitative estimate of drug-likeness (QED) is 0.625. The first-order chi connectivity index (χ1) is 12.2. The number of amides is 1. The average molecular weight is 329 g/mol. The Kier molecular flexibility index (Phi) is 3.70. The maximum absolute atomic E-state index is 12.4. The SMILES string of the molecule is Cc1cccc(C(=O)Nc2ccnc(-c3cnn4cccnc34)c2)c1. The van der Waals surface area contributed by atoms with Crippen LogP contribution in [0.1, 0.15) is 15.9 Å². The second kappa shape index (κ2) is 6.16. The molecule has 122 valence electrons. The van der Waals surface area contributed by atoms with Gasteiger partial charge < -0.3 is 5.32 Å². The van der Waals surface area contributed by atoms with E-state index in [4.69, 9.17) is 0 Å². The highest BCUT2D eigenvalue weighted by atomic mass is 16.1. The smallest absolute Gasteiger partial charge is 0.255 e. The van der Waals surface area contributed by atoms with Crippen molar-refractivity contribution in [2.45, 2.75) is 6.92 Å². The van der Waals surface area contributed by atoms with Gasteiger partial charge in [-0.05, 0) is 37.3 Å². The van der Waals surface area contributed by atoms with Crippen LogP contribution in [-0.4, -0.2) is 25.5 Å². The first-order valence-corrected chi connectivity index (χ1v) is 7.83. The zero-order valence-corrected chi connectivity index (χ0v) is 13.5. The van der Waals surface area contributed by atoms with Gasteiger partial charge in [-0.25, -0.2) is 9.50 Å². The monoisotopic (exact) mass is 329 g/mol. The third-order valence-electron chi connectivity index (χ3n) is 3.85. The molecule has 0 aliphatic heterocycles. The summed E-state index contributed by atoms with van der Waals surface area (Å²) in [5.74, 6) is -0.154. The fourth-order valence-electron chi connectivity index (χ4n) is 2.65. The van der Waals surface area contributed by atoms with E-state index >= 15 is 0 Å². The van der Waals surface area contributed by atoms with Gasteiger partial charge in [0.2, 0.25) is 0 Å². The molecule has 0 aliphatic rings. The standard InChI is InChI=1S/C19H15N5O/c1-13-4-2-5-14(10-13)19(25)23-15-6-8-20-17(11-15)16-12-22-24-9-3-7-21-18(16)24/h2-12H,1H3,(H,20,23,25). The molecule has 0 saturated carbocycles. The van der Waals surface area contributed by atoms with Gasteiger partial charge in [-0.15, -0.1) is 0 Å². The zero-order valence-electron chi connectivity index (χ0n) is 13.5. The molecular formula is C19H15N5O. The Labute approximate surface area is 144 Å². The molecule has 0 atom stereocenters. The van der Waals surface area contributed by atoms with Crippen molar-refractivity contribution in [3.8, 4) is 11.3 Å². The average Bonchev–Trinajstić information content (AvgIpc) is 3.06. The van der Waals surface area contributed by atoms with Crippen LogP contribution in [0.5, 0.6) is 0 Å². The largest absolute Gasteiger partial charge is 0.322 e. The maximum Gasteiger partial charge on any atom is 0.255 e. The van der Waals surface area contributed by atoms with Crippen molar-refractivity contribution in [3.05, 3.63) is 78.4 Å². The number of aromatic nitrogens is 4. The number of hydrogen-bond acceptors (Lipinski definition) is 4. The van der Waals surface area contributed by atoms with Crippen LogP contribution in [0.2, 0.25) is 0 Å². The summed E-state index contributed by atoms with van der Waals surface area (Å²) in [6, 6.07) is 12.9. The van der Waals surface area contributed by atoms with Gasteiger partial charge in [-0.2, -0.15) is 5.10 Å². The number of benzene rings is 1. The first kappa shape index (κ1) is 15.0. The molecule has 0 aliphatic carbocycles. The van der Waals surface area contributed by atoms with Gasteiger partial charge >= 0.3 is 0 Å². The number of carbonyl (C=O) groups is 1. The van der Waals surface area contributed by atoms with Crippen LogP contribution in [0, 0.1) is 6.92 Å². The van der Waals surface area contributed by atoms with Gasteiger partial charge in [0.05, 0.1) is 17.5 Å². The summed E-state index contributed by atoms with van der Waals surface area (Å²) in [6.45, 7) is 1.96. The molecule has 3 heterocycles. The molecule has 0 saturated heterocycles. The van der Waals surface area contributed by atoms with Gasteiger partial charge in [0.15, 0.2) is 5.65 Å². The van der Waals surface area contributed by atoms with Crippen molar-refractivity contribution < 1.29 is 4.79 Å². The summed E-state index contributed by atoms with van der Waals surface area (Å²) < 4.78 is 1.69. The molecule has 6 nitrogen and oxygen atoms in total. The van der Waals surface area contributed by atoms with E-state index in [1.165, 1.54) is 0 Å². The minimum Gasteiger partial charge on any atom is -0.322 e. The summed E-state index contributed by atoms with van der Waals surface area (Å²) in [6.07, 6.45) is 6.92. The molecule has 1 amide bonds. The topological polar surface area (TPSA) is 72.2 Å². The molecule has 0 radical (unpaired) electrons. The first-order valence-electron chi connectivity index (χ1n) is 7.83. The molecule has 4 rings (SSSR count). The number of hydrogen-bond donors (Lipinski definition) is 1. The van der Waals surface area contributed by atoms with Crippen molar-refractivity contribution in [1.82, 2.24) is 19.6 Å². The number of nitrogens with zero attached hydrogens (tertiary/aromatic N) is 4.